The van der Waals surface area contributed by atoms with Crippen LogP contribution in [-0.4, -0.2) is 34.9 Å². The van der Waals surface area contributed by atoms with Crippen LogP contribution in [0.1, 0.15) is 73.6 Å². The summed E-state index contributed by atoms with van der Waals surface area (Å²) in [5.74, 6) is 4.60. The van der Waals surface area contributed by atoms with Crippen molar-refractivity contribution in [3.05, 3.63) is 70.8 Å². The predicted molar refractivity (Wildman–Crippen MR) is 139 cm³/mol. The Labute approximate surface area is 198 Å². The maximum atomic E-state index is 8.80. The van der Waals surface area contributed by atoms with Crippen molar-refractivity contribution < 1.29 is 10.2 Å². The van der Waals surface area contributed by atoms with Gasteiger partial charge in [-0.05, 0) is 65.9 Å². The fourth-order valence-electron chi connectivity index (χ4n) is 3.46. The van der Waals surface area contributed by atoms with Gasteiger partial charge in [0.25, 0.3) is 0 Å². The number of unbranched alkanes of at least 4 members (excludes halogenated alkanes) is 6. The molecule has 0 aliphatic heterocycles. The molecule has 0 bridgehead atoms. The fraction of sp³-hybridized carbons (Fsp3) is 0.556. The van der Waals surface area contributed by atoms with Crippen LogP contribution in [0.15, 0.2) is 48.5 Å². The number of aliphatic hydroxyl groups is 2. The molecule has 0 fully saturated rings. The van der Waals surface area contributed by atoms with E-state index in [2.05, 4.69) is 48.5 Å². The van der Waals surface area contributed by atoms with Gasteiger partial charge in [0.05, 0.1) is 0 Å². The van der Waals surface area contributed by atoms with Crippen molar-refractivity contribution in [2.24, 2.45) is 0 Å². The molecule has 0 aliphatic rings. The highest BCUT2D eigenvalue weighted by Crippen LogP contribution is 2.19. The average molecular weight is 461 g/mol. The van der Waals surface area contributed by atoms with E-state index in [-0.39, 0.29) is 0 Å². The third kappa shape index (κ3) is 12.6. The van der Waals surface area contributed by atoms with Crippen LogP contribution in [0.2, 0.25) is 0 Å². The lowest BCUT2D eigenvalue weighted by molar-refractivity contribution is 0.282. The smallest absolute Gasteiger partial charge is 0.0431 e. The van der Waals surface area contributed by atoms with Crippen LogP contribution < -0.4 is 0 Å². The Morgan fingerprint density at radius 1 is 0.452 bits per heavy atom. The molecular formula is C27H40O2S2. The van der Waals surface area contributed by atoms with Crippen LogP contribution in [0, 0.1) is 0 Å². The van der Waals surface area contributed by atoms with Gasteiger partial charge in [-0.25, -0.2) is 0 Å². The minimum Gasteiger partial charge on any atom is -0.396 e. The van der Waals surface area contributed by atoms with Crippen molar-refractivity contribution in [3.8, 4) is 0 Å². The summed E-state index contributed by atoms with van der Waals surface area (Å²) in [6.45, 7) is 0.659. The van der Waals surface area contributed by atoms with E-state index < -0.39 is 0 Å². The zero-order valence-electron chi connectivity index (χ0n) is 18.9. The molecule has 2 rings (SSSR count). The quantitative estimate of drug-likeness (QED) is 0.239. The van der Waals surface area contributed by atoms with Crippen molar-refractivity contribution in [3.63, 3.8) is 0 Å². The van der Waals surface area contributed by atoms with Crippen molar-refractivity contribution in [1.82, 2.24) is 0 Å². The molecule has 0 unspecified atom stereocenters. The lowest BCUT2D eigenvalue weighted by Crippen LogP contribution is -1.91. The molecule has 0 saturated carbocycles. The molecule has 0 aromatic heterocycles. The Morgan fingerprint density at radius 3 is 1.19 bits per heavy atom. The fourth-order valence-corrected chi connectivity index (χ4v) is 5.42. The highest BCUT2D eigenvalue weighted by atomic mass is 32.2. The van der Waals surface area contributed by atoms with Crippen molar-refractivity contribution in [1.29, 1.82) is 0 Å². The van der Waals surface area contributed by atoms with Gasteiger partial charge in [0.2, 0.25) is 0 Å². The largest absolute Gasteiger partial charge is 0.396 e. The normalized spacial score (nSPS) is 11.2. The van der Waals surface area contributed by atoms with E-state index in [9.17, 15) is 0 Å². The van der Waals surface area contributed by atoms with Crippen LogP contribution in [0.5, 0.6) is 0 Å². The van der Waals surface area contributed by atoms with Crippen molar-refractivity contribution in [2.45, 2.75) is 69.3 Å². The van der Waals surface area contributed by atoms with Crippen LogP contribution in [0.3, 0.4) is 0 Å². The number of benzene rings is 2. The number of thioether (sulfide) groups is 2. The Morgan fingerprint density at radius 2 is 0.806 bits per heavy atom. The standard InChI is InChI=1S/C27H40O2S2/c28-17-5-1-3-7-19-30-22-26-13-9-24(10-14-26)21-25-11-15-27(16-12-25)23-31-20-8-4-2-6-18-29/h9-16,28-29H,1-8,17-23H2. The van der Waals surface area contributed by atoms with E-state index in [0.29, 0.717) is 13.2 Å². The lowest BCUT2D eigenvalue weighted by atomic mass is 10.0. The maximum absolute atomic E-state index is 8.80. The molecule has 0 spiro atoms. The van der Waals surface area contributed by atoms with Gasteiger partial charge in [0.15, 0.2) is 0 Å². The molecule has 0 heterocycles. The van der Waals surface area contributed by atoms with Crippen molar-refractivity contribution in [2.75, 3.05) is 24.7 Å². The van der Waals surface area contributed by atoms with Gasteiger partial charge in [0.1, 0.15) is 0 Å². The predicted octanol–water partition coefficient (Wildman–Crippen LogP) is 6.85. The summed E-state index contributed by atoms with van der Waals surface area (Å²) in [5.41, 5.74) is 5.58. The molecule has 2 N–H and O–H groups in total. The molecule has 4 heteroatoms. The van der Waals surface area contributed by atoms with E-state index >= 15 is 0 Å². The SMILES string of the molecule is OCCCCCCSCc1ccc(Cc2ccc(CSCCCCCCO)cc2)cc1. The molecule has 0 saturated heterocycles. The molecule has 2 aromatic carbocycles. The van der Waals surface area contributed by atoms with Gasteiger partial charge in [-0.3, -0.25) is 0 Å². The summed E-state index contributed by atoms with van der Waals surface area (Å²) < 4.78 is 0. The van der Waals surface area contributed by atoms with Crippen LogP contribution >= 0.6 is 23.5 Å². The molecule has 31 heavy (non-hydrogen) atoms. The first-order valence-corrected chi connectivity index (χ1v) is 14.2. The summed E-state index contributed by atoms with van der Waals surface area (Å²) in [7, 11) is 0. The first-order chi connectivity index (χ1) is 15.3. The summed E-state index contributed by atoms with van der Waals surface area (Å²) >= 11 is 4.03. The number of rotatable bonds is 18. The van der Waals surface area contributed by atoms with Gasteiger partial charge in [0, 0.05) is 24.7 Å². The van der Waals surface area contributed by atoms with E-state index in [0.717, 1.165) is 43.6 Å². The van der Waals surface area contributed by atoms with Crippen molar-refractivity contribution >= 4 is 23.5 Å². The molecule has 0 aliphatic carbocycles. The Hall–Kier alpha value is -0.940. The minimum absolute atomic E-state index is 0.329. The Balaban J connectivity index is 1.61. The van der Waals surface area contributed by atoms with Gasteiger partial charge in [-0.1, -0.05) is 74.2 Å². The van der Waals surface area contributed by atoms with Gasteiger partial charge < -0.3 is 10.2 Å². The highest BCUT2D eigenvalue weighted by molar-refractivity contribution is 7.98. The molecule has 2 aromatic rings. The third-order valence-electron chi connectivity index (χ3n) is 5.39. The number of hydrogen-bond acceptors (Lipinski definition) is 4. The van der Waals surface area contributed by atoms with Crippen LogP contribution in [-0.2, 0) is 17.9 Å². The van der Waals surface area contributed by atoms with Gasteiger partial charge >= 0.3 is 0 Å². The topological polar surface area (TPSA) is 40.5 Å². The number of aliphatic hydroxyl groups excluding tert-OH is 2. The summed E-state index contributed by atoms with van der Waals surface area (Å²) in [5, 5.41) is 17.6. The average Bonchev–Trinajstić information content (AvgIpc) is 2.80. The molecule has 2 nitrogen and oxygen atoms in total. The van der Waals surface area contributed by atoms with E-state index in [4.69, 9.17) is 10.2 Å². The van der Waals surface area contributed by atoms with E-state index in [1.807, 2.05) is 23.5 Å². The first-order valence-electron chi connectivity index (χ1n) is 11.8. The second kappa shape index (κ2) is 17.6. The zero-order valence-corrected chi connectivity index (χ0v) is 20.6. The van der Waals surface area contributed by atoms with E-state index in [1.54, 1.807) is 0 Å². The number of hydrogen-bond donors (Lipinski definition) is 2. The maximum Gasteiger partial charge on any atom is 0.0431 e. The van der Waals surface area contributed by atoms with Crippen LogP contribution in [0.4, 0.5) is 0 Å². The second-order valence-corrected chi connectivity index (χ2v) is 10.4. The summed E-state index contributed by atoms with van der Waals surface area (Å²) in [4.78, 5) is 0. The monoisotopic (exact) mass is 460 g/mol. The van der Waals surface area contributed by atoms with E-state index in [1.165, 1.54) is 59.4 Å². The molecule has 0 radical (unpaired) electrons. The Kier molecular flexibility index (Phi) is 14.9. The minimum atomic E-state index is 0.329. The second-order valence-electron chi connectivity index (χ2n) is 8.19. The third-order valence-corrected chi connectivity index (χ3v) is 7.61. The summed E-state index contributed by atoms with van der Waals surface area (Å²) in [6.07, 6.45) is 10.2. The van der Waals surface area contributed by atoms with Gasteiger partial charge in [-0.15, -0.1) is 0 Å². The summed E-state index contributed by atoms with van der Waals surface area (Å²) in [6, 6.07) is 18.2. The molecule has 172 valence electrons. The molecule has 0 amide bonds. The van der Waals surface area contributed by atoms with Gasteiger partial charge in [-0.2, -0.15) is 23.5 Å². The molecular weight excluding hydrogens is 420 g/mol. The first kappa shape index (κ1) is 26.3. The van der Waals surface area contributed by atoms with Crippen LogP contribution in [0.25, 0.3) is 0 Å². The molecule has 0 atom stereocenters. The lowest BCUT2D eigenvalue weighted by Gasteiger charge is -2.07. The Bertz CT molecular complexity index is 611. The zero-order chi connectivity index (χ0) is 22.0. The highest BCUT2D eigenvalue weighted by Gasteiger charge is 2.00.